The van der Waals surface area contributed by atoms with Gasteiger partial charge in [-0.1, -0.05) is 65.1 Å². The smallest absolute Gasteiger partial charge is 0.0653 e. The molecule has 2 aromatic rings. The minimum Gasteiger partial charge on any atom is -0.377 e. The number of nitrogens with one attached hydrogen (secondary N) is 1. The van der Waals surface area contributed by atoms with E-state index in [1.165, 1.54) is 5.56 Å². The van der Waals surface area contributed by atoms with Gasteiger partial charge in [-0.25, -0.2) is 0 Å². The molecule has 1 N–H and O–H groups in total. The van der Waals surface area contributed by atoms with Gasteiger partial charge in [0.25, 0.3) is 0 Å². The van der Waals surface area contributed by atoms with Crippen molar-refractivity contribution in [1.82, 2.24) is 0 Å². The monoisotopic (exact) mass is 299 g/mol. The first-order chi connectivity index (χ1) is 8.58. The number of hydrogen-bond acceptors (Lipinski definition) is 1. The van der Waals surface area contributed by atoms with Crippen LogP contribution in [0.1, 0.15) is 18.5 Å². The average molecular weight is 301 g/mol. The molecule has 94 valence electrons. The summed E-state index contributed by atoms with van der Waals surface area (Å²) >= 11 is 18.0. The van der Waals surface area contributed by atoms with Crippen LogP contribution in [-0.4, -0.2) is 0 Å². The Kier molecular flexibility index (Phi) is 4.39. The molecular formula is C14H12Cl3N. The first kappa shape index (κ1) is 13.5. The quantitative estimate of drug-likeness (QED) is 0.704. The Bertz CT molecular complexity index is 540. The lowest BCUT2D eigenvalue weighted by Gasteiger charge is -2.17. The van der Waals surface area contributed by atoms with Crippen molar-refractivity contribution < 1.29 is 0 Å². The third-order valence-electron chi connectivity index (χ3n) is 2.68. The highest BCUT2D eigenvalue weighted by Crippen LogP contribution is 2.34. The van der Waals surface area contributed by atoms with Gasteiger partial charge in [-0.05, 0) is 24.6 Å². The second kappa shape index (κ2) is 5.83. The van der Waals surface area contributed by atoms with Crippen molar-refractivity contribution in [2.45, 2.75) is 13.0 Å². The Morgan fingerprint density at radius 3 is 2.17 bits per heavy atom. The van der Waals surface area contributed by atoms with Crippen LogP contribution in [0.4, 0.5) is 5.69 Å². The Balaban J connectivity index is 2.22. The van der Waals surface area contributed by atoms with Gasteiger partial charge in [0.1, 0.15) is 0 Å². The summed E-state index contributed by atoms with van der Waals surface area (Å²) in [4.78, 5) is 0. The molecule has 0 heterocycles. The van der Waals surface area contributed by atoms with Crippen LogP contribution < -0.4 is 5.32 Å². The molecule has 0 saturated carbocycles. The average Bonchev–Trinajstić information content (AvgIpc) is 2.37. The molecule has 0 aromatic heterocycles. The van der Waals surface area contributed by atoms with Crippen molar-refractivity contribution >= 4 is 40.5 Å². The maximum absolute atomic E-state index is 6.13. The van der Waals surface area contributed by atoms with E-state index >= 15 is 0 Å². The van der Waals surface area contributed by atoms with Crippen LogP contribution in [0.3, 0.4) is 0 Å². The van der Waals surface area contributed by atoms with Gasteiger partial charge in [-0.15, -0.1) is 0 Å². The van der Waals surface area contributed by atoms with Crippen molar-refractivity contribution in [2.24, 2.45) is 0 Å². The largest absolute Gasteiger partial charge is 0.377 e. The number of rotatable bonds is 3. The maximum atomic E-state index is 6.13. The second-order valence-corrected chi connectivity index (χ2v) is 5.24. The maximum Gasteiger partial charge on any atom is 0.0653 e. The highest BCUT2D eigenvalue weighted by Gasteiger charge is 2.09. The molecule has 0 aliphatic carbocycles. The van der Waals surface area contributed by atoms with Crippen LogP contribution in [0, 0.1) is 0 Å². The van der Waals surface area contributed by atoms with E-state index in [1.807, 2.05) is 18.2 Å². The van der Waals surface area contributed by atoms with E-state index in [9.17, 15) is 0 Å². The third-order valence-corrected chi connectivity index (χ3v) is 3.72. The van der Waals surface area contributed by atoms with Crippen LogP contribution in [0.15, 0.2) is 42.5 Å². The fourth-order valence-corrected chi connectivity index (χ4v) is 2.29. The van der Waals surface area contributed by atoms with Gasteiger partial charge in [0, 0.05) is 6.04 Å². The van der Waals surface area contributed by atoms with E-state index in [1.54, 1.807) is 12.1 Å². The third kappa shape index (κ3) is 3.11. The highest BCUT2D eigenvalue weighted by molar-refractivity contribution is 6.44. The van der Waals surface area contributed by atoms with Crippen LogP contribution in [0.25, 0.3) is 0 Å². The molecule has 1 unspecified atom stereocenters. The molecule has 0 aliphatic heterocycles. The second-order valence-electron chi connectivity index (χ2n) is 4.02. The Morgan fingerprint density at radius 2 is 1.50 bits per heavy atom. The zero-order valence-electron chi connectivity index (χ0n) is 9.75. The van der Waals surface area contributed by atoms with Crippen LogP contribution in [0.5, 0.6) is 0 Å². The van der Waals surface area contributed by atoms with Crippen LogP contribution >= 0.6 is 34.8 Å². The summed E-state index contributed by atoms with van der Waals surface area (Å²) in [6.07, 6.45) is 0. The number of benzene rings is 2. The fraction of sp³-hybridized carbons (Fsp3) is 0.143. The molecule has 0 fully saturated rings. The predicted octanol–water partition coefficient (Wildman–Crippen LogP) is 5.82. The van der Waals surface area contributed by atoms with Crippen molar-refractivity contribution in [3.63, 3.8) is 0 Å². The SMILES string of the molecule is CC(Nc1cc(Cl)c(Cl)cc1Cl)c1ccccc1. The standard InChI is InChI=1S/C14H12Cl3N/c1-9(10-5-3-2-4-6-10)18-14-8-12(16)11(15)7-13(14)17/h2-9,18H,1H3. The summed E-state index contributed by atoms with van der Waals surface area (Å²) < 4.78 is 0. The Morgan fingerprint density at radius 1 is 0.889 bits per heavy atom. The number of halogens is 3. The fourth-order valence-electron chi connectivity index (χ4n) is 1.69. The van der Waals surface area contributed by atoms with E-state index in [2.05, 4.69) is 24.4 Å². The number of anilines is 1. The lowest BCUT2D eigenvalue weighted by Crippen LogP contribution is -2.06. The molecule has 4 heteroatoms. The first-order valence-electron chi connectivity index (χ1n) is 5.54. The van der Waals surface area contributed by atoms with Gasteiger partial charge in [0.2, 0.25) is 0 Å². The summed E-state index contributed by atoms with van der Waals surface area (Å²) in [7, 11) is 0. The lowest BCUT2D eigenvalue weighted by atomic mass is 10.1. The van der Waals surface area contributed by atoms with Gasteiger partial charge < -0.3 is 5.32 Å². The molecule has 18 heavy (non-hydrogen) atoms. The predicted molar refractivity (Wildman–Crippen MR) is 80.0 cm³/mol. The van der Waals surface area contributed by atoms with E-state index < -0.39 is 0 Å². The summed E-state index contributed by atoms with van der Waals surface area (Å²) in [5.41, 5.74) is 1.96. The summed E-state index contributed by atoms with van der Waals surface area (Å²) in [5, 5.41) is 4.83. The minimum atomic E-state index is 0.140. The van der Waals surface area contributed by atoms with E-state index in [4.69, 9.17) is 34.8 Å². The topological polar surface area (TPSA) is 12.0 Å². The van der Waals surface area contributed by atoms with E-state index in [0.29, 0.717) is 15.1 Å². The zero-order valence-corrected chi connectivity index (χ0v) is 12.0. The van der Waals surface area contributed by atoms with Gasteiger partial charge in [0.05, 0.1) is 20.8 Å². The van der Waals surface area contributed by atoms with Crippen molar-refractivity contribution in [1.29, 1.82) is 0 Å². The molecule has 0 aliphatic rings. The van der Waals surface area contributed by atoms with Gasteiger partial charge >= 0.3 is 0 Å². The summed E-state index contributed by atoms with van der Waals surface area (Å²) in [6, 6.07) is 13.6. The lowest BCUT2D eigenvalue weighted by molar-refractivity contribution is 0.885. The Labute approximate surface area is 122 Å². The minimum absolute atomic E-state index is 0.140. The molecule has 0 saturated heterocycles. The summed E-state index contributed by atoms with van der Waals surface area (Å²) in [6.45, 7) is 2.06. The molecule has 2 aromatic carbocycles. The molecule has 0 spiro atoms. The van der Waals surface area contributed by atoms with E-state index in [-0.39, 0.29) is 6.04 Å². The Hall–Kier alpha value is -0.890. The van der Waals surface area contributed by atoms with Gasteiger partial charge in [-0.3, -0.25) is 0 Å². The molecule has 0 bridgehead atoms. The van der Waals surface area contributed by atoms with Crippen molar-refractivity contribution in [2.75, 3.05) is 5.32 Å². The van der Waals surface area contributed by atoms with Gasteiger partial charge in [-0.2, -0.15) is 0 Å². The normalized spacial score (nSPS) is 12.2. The van der Waals surface area contributed by atoms with Crippen LogP contribution in [-0.2, 0) is 0 Å². The molecular weight excluding hydrogens is 289 g/mol. The first-order valence-corrected chi connectivity index (χ1v) is 6.67. The van der Waals surface area contributed by atoms with Crippen LogP contribution in [0.2, 0.25) is 15.1 Å². The molecule has 1 atom stereocenters. The highest BCUT2D eigenvalue weighted by atomic mass is 35.5. The van der Waals surface area contributed by atoms with Crippen molar-refractivity contribution in [3.05, 3.63) is 63.1 Å². The van der Waals surface area contributed by atoms with Crippen molar-refractivity contribution in [3.8, 4) is 0 Å². The zero-order chi connectivity index (χ0) is 13.1. The number of hydrogen-bond donors (Lipinski definition) is 1. The molecule has 1 nitrogen and oxygen atoms in total. The molecule has 0 radical (unpaired) electrons. The van der Waals surface area contributed by atoms with Gasteiger partial charge in [0.15, 0.2) is 0 Å². The van der Waals surface area contributed by atoms with E-state index in [0.717, 1.165) is 5.69 Å². The summed E-state index contributed by atoms with van der Waals surface area (Å²) in [5.74, 6) is 0. The molecule has 0 amide bonds. The molecule has 2 rings (SSSR count).